The number of aliphatic hydroxyl groups excluding tert-OH is 1. The van der Waals surface area contributed by atoms with Gasteiger partial charge in [0.1, 0.15) is 0 Å². The van der Waals surface area contributed by atoms with Crippen molar-refractivity contribution >= 4 is 17.4 Å². The third kappa shape index (κ3) is 5.65. The molecule has 1 heterocycles. The van der Waals surface area contributed by atoms with Gasteiger partial charge in [-0.05, 0) is 20.3 Å². The number of hydrogen-bond acceptors (Lipinski definition) is 4. The number of urea groups is 1. The minimum atomic E-state index is -0.234. The van der Waals surface area contributed by atoms with Gasteiger partial charge in [-0.1, -0.05) is 0 Å². The summed E-state index contributed by atoms with van der Waals surface area (Å²) in [5.41, 5.74) is 1.05. The molecule has 5 nitrogen and oxygen atoms in total. The number of amides is 2. The van der Waals surface area contributed by atoms with Gasteiger partial charge in [-0.25, -0.2) is 9.78 Å². The largest absolute Gasteiger partial charge is 0.394 e. The summed E-state index contributed by atoms with van der Waals surface area (Å²) in [6.07, 6.45) is 1.75. The molecule has 1 unspecified atom stereocenters. The molecule has 1 aromatic heterocycles. The third-order valence-electron chi connectivity index (χ3n) is 2.17. The molecule has 1 aromatic rings. The number of carbonyl (C=O) groups excluding carboxylic acids is 1. The lowest BCUT2D eigenvalue weighted by Crippen LogP contribution is -2.42. The zero-order chi connectivity index (χ0) is 12.7. The molecule has 1 atom stereocenters. The predicted molar refractivity (Wildman–Crippen MR) is 68.3 cm³/mol. The molecule has 0 bridgehead atoms. The van der Waals surface area contributed by atoms with Crippen LogP contribution in [0.2, 0.25) is 0 Å². The quantitative estimate of drug-likeness (QED) is 0.667. The van der Waals surface area contributed by atoms with E-state index in [1.54, 1.807) is 18.3 Å². The summed E-state index contributed by atoms with van der Waals surface area (Å²) in [6.45, 7) is 4.29. The molecule has 1 rings (SSSR count). The van der Waals surface area contributed by atoms with Crippen LogP contribution in [-0.4, -0.2) is 35.3 Å². The highest BCUT2D eigenvalue weighted by Crippen LogP contribution is 2.10. The van der Waals surface area contributed by atoms with Crippen LogP contribution in [0.15, 0.2) is 5.38 Å². The van der Waals surface area contributed by atoms with Crippen LogP contribution in [0.25, 0.3) is 0 Å². The summed E-state index contributed by atoms with van der Waals surface area (Å²) >= 11 is 1.65. The Morgan fingerprint density at radius 2 is 2.41 bits per heavy atom. The minimum Gasteiger partial charge on any atom is -0.394 e. The van der Waals surface area contributed by atoms with Crippen molar-refractivity contribution in [2.75, 3.05) is 13.2 Å². The Labute approximate surface area is 105 Å². The van der Waals surface area contributed by atoms with E-state index in [-0.39, 0.29) is 18.7 Å². The maximum absolute atomic E-state index is 11.3. The molecular weight excluding hydrogens is 238 g/mol. The molecular formula is C11H19N3O2S. The van der Waals surface area contributed by atoms with Crippen LogP contribution in [0.3, 0.4) is 0 Å². The van der Waals surface area contributed by atoms with Crippen molar-refractivity contribution in [2.45, 2.75) is 32.7 Å². The van der Waals surface area contributed by atoms with Gasteiger partial charge >= 0.3 is 6.03 Å². The highest BCUT2D eigenvalue weighted by Gasteiger charge is 2.04. The Morgan fingerprint density at radius 1 is 1.65 bits per heavy atom. The summed E-state index contributed by atoms with van der Waals surface area (Å²) in [6, 6.07) is -0.446. The smallest absolute Gasteiger partial charge is 0.315 e. The van der Waals surface area contributed by atoms with Gasteiger partial charge in [-0.2, -0.15) is 0 Å². The average molecular weight is 257 g/mol. The van der Waals surface area contributed by atoms with Gasteiger partial charge in [0.2, 0.25) is 0 Å². The first kappa shape index (κ1) is 13.9. The zero-order valence-corrected chi connectivity index (χ0v) is 11.0. The molecule has 0 aliphatic rings. The number of thiazole rings is 1. The van der Waals surface area contributed by atoms with Crippen molar-refractivity contribution in [3.63, 3.8) is 0 Å². The summed E-state index contributed by atoms with van der Waals surface area (Å²) < 4.78 is 0. The van der Waals surface area contributed by atoms with E-state index in [2.05, 4.69) is 15.6 Å². The van der Waals surface area contributed by atoms with Crippen LogP contribution in [0.4, 0.5) is 4.79 Å². The Kier molecular flexibility index (Phi) is 5.93. The number of aliphatic hydroxyl groups is 1. The van der Waals surface area contributed by atoms with E-state index in [4.69, 9.17) is 5.11 Å². The van der Waals surface area contributed by atoms with Gasteiger partial charge in [-0.3, -0.25) is 0 Å². The van der Waals surface area contributed by atoms with Crippen LogP contribution in [0.5, 0.6) is 0 Å². The van der Waals surface area contributed by atoms with Gasteiger partial charge in [0, 0.05) is 24.0 Å². The molecule has 0 saturated carbocycles. The number of aryl methyl sites for hydroxylation is 2. The predicted octanol–water partition coefficient (Wildman–Crippen LogP) is 1.06. The summed E-state index contributed by atoms with van der Waals surface area (Å²) in [5.74, 6) is 0. The summed E-state index contributed by atoms with van der Waals surface area (Å²) in [4.78, 5) is 15.6. The lowest BCUT2D eigenvalue weighted by atomic mass is 10.3. The van der Waals surface area contributed by atoms with Gasteiger partial charge < -0.3 is 15.7 Å². The van der Waals surface area contributed by atoms with Crippen LogP contribution in [0.1, 0.15) is 24.0 Å². The summed E-state index contributed by atoms with van der Waals surface area (Å²) in [5, 5.41) is 17.2. The Bertz CT molecular complexity index is 354. The maximum atomic E-state index is 11.3. The molecule has 96 valence electrons. The standard InChI is InChI=1S/C11H19N3O2S/c1-8(6-15)14-11(16)12-5-3-4-10-13-9(2)7-17-10/h7-8,15H,3-6H2,1-2H3,(H2,12,14,16). The number of carbonyl (C=O) groups is 1. The van der Waals surface area contributed by atoms with Crippen molar-refractivity contribution < 1.29 is 9.90 Å². The second-order valence-corrected chi connectivity index (χ2v) is 4.91. The van der Waals surface area contributed by atoms with Crippen LogP contribution < -0.4 is 10.6 Å². The fourth-order valence-electron chi connectivity index (χ4n) is 1.28. The fraction of sp³-hybridized carbons (Fsp3) is 0.636. The first-order valence-electron chi connectivity index (χ1n) is 5.68. The van der Waals surface area contributed by atoms with Gasteiger partial charge in [0.15, 0.2) is 0 Å². The van der Waals surface area contributed by atoms with Crippen molar-refractivity contribution in [3.05, 3.63) is 16.1 Å². The highest BCUT2D eigenvalue weighted by molar-refractivity contribution is 7.09. The Morgan fingerprint density at radius 3 is 3.00 bits per heavy atom. The lowest BCUT2D eigenvalue weighted by Gasteiger charge is -2.11. The van der Waals surface area contributed by atoms with E-state index in [1.165, 1.54) is 0 Å². The van der Waals surface area contributed by atoms with E-state index >= 15 is 0 Å². The molecule has 0 aliphatic heterocycles. The Balaban J connectivity index is 2.10. The van der Waals surface area contributed by atoms with E-state index < -0.39 is 0 Å². The minimum absolute atomic E-state index is 0.0498. The normalized spacial score (nSPS) is 12.2. The number of aromatic nitrogens is 1. The first-order valence-corrected chi connectivity index (χ1v) is 6.56. The number of rotatable bonds is 6. The molecule has 0 radical (unpaired) electrons. The molecule has 3 N–H and O–H groups in total. The summed E-state index contributed by atoms with van der Waals surface area (Å²) in [7, 11) is 0. The van der Waals surface area contributed by atoms with Crippen molar-refractivity contribution in [3.8, 4) is 0 Å². The molecule has 17 heavy (non-hydrogen) atoms. The monoisotopic (exact) mass is 257 g/mol. The van der Waals surface area contributed by atoms with Crippen LogP contribution in [-0.2, 0) is 6.42 Å². The number of hydrogen-bond donors (Lipinski definition) is 3. The second kappa shape index (κ2) is 7.24. The lowest BCUT2D eigenvalue weighted by molar-refractivity contribution is 0.220. The van der Waals surface area contributed by atoms with E-state index in [0.717, 1.165) is 23.5 Å². The zero-order valence-electron chi connectivity index (χ0n) is 10.2. The van der Waals surface area contributed by atoms with Gasteiger partial charge in [-0.15, -0.1) is 11.3 Å². The van der Waals surface area contributed by atoms with Crippen molar-refractivity contribution in [2.24, 2.45) is 0 Å². The Hall–Kier alpha value is -1.14. The van der Waals surface area contributed by atoms with Gasteiger partial charge in [0.25, 0.3) is 0 Å². The second-order valence-electron chi connectivity index (χ2n) is 3.97. The molecule has 2 amide bonds. The number of nitrogens with zero attached hydrogens (tertiary/aromatic N) is 1. The molecule has 0 aliphatic carbocycles. The fourth-order valence-corrected chi connectivity index (χ4v) is 2.10. The van der Waals surface area contributed by atoms with Crippen molar-refractivity contribution in [1.82, 2.24) is 15.6 Å². The molecule has 6 heteroatoms. The van der Waals surface area contributed by atoms with E-state index in [9.17, 15) is 4.79 Å². The third-order valence-corrected chi connectivity index (χ3v) is 3.20. The molecule has 0 spiro atoms. The first-order chi connectivity index (χ1) is 8.11. The SMILES string of the molecule is Cc1csc(CCCNC(=O)NC(C)CO)n1. The number of nitrogens with one attached hydrogen (secondary N) is 2. The molecule has 0 fully saturated rings. The van der Waals surface area contributed by atoms with E-state index in [0.29, 0.717) is 6.54 Å². The van der Waals surface area contributed by atoms with Crippen LogP contribution in [0, 0.1) is 6.92 Å². The van der Waals surface area contributed by atoms with Crippen LogP contribution >= 0.6 is 11.3 Å². The molecule has 0 aromatic carbocycles. The highest BCUT2D eigenvalue weighted by atomic mass is 32.1. The topological polar surface area (TPSA) is 74.2 Å². The average Bonchev–Trinajstić information content (AvgIpc) is 2.70. The van der Waals surface area contributed by atoms with Crippen molar-refractivity contribution in [1.29, 1.82) is 0 Å². The van der Waals surface area contributed by atoms with Gasteiger partial charge in [0.05, 0.1) is 17.7 Å². The molecule has 0 saturated heterocycles. The maximum Gasteiger partial charge on any atom is 0.315 e. The van der Waals surface area contributed by atoms with E-state index in [1.807, 2.05) is 12.3 Å².